The van der Waals surface area contributed by atoms with E-state index in [0.29, 0.717) is 11.3 Å². The van der Waals surface area contributed by atoms with Crippen molar-refractivity contribution in [2.45, 2.75) is 86.7 Å². The number of benzene rings is 1. The van der Waals surface area contributed by atoms with E-state index < -0.39 is 60.9 Å². The van der Waals surface area contributed by atoms with Gasteiger partial charge >= 0.3 is 29.8 Å². The maximum atomic E-state index is 12.4. The largest absolute Gasteiger partial charge is 0.462 e. The van der Waals surface area contributed by atoms with Gasteiger partial charge in [-0.3, -0.25) is 24.0 Å². The molecule has 2 rings (SSSR count). The van der Waals surface area contributed by atoms with Crippen molar-refractivity contribution in [2.24, 2.45) is 0 Å². The fourth-order valence-corrected chi connectivity index (χ4v) is 4.56. The van der Waals surface area contributed by atoms with Crippen molar-refractivity contribution in [1.82, 2.24) is 5.16 Å². The van der Waals surface area contributed by atoms with Crippen molar-refractivity contribution in [3.05, 3.63) is 40.1 Å². The van der Waals surface area contributed by atoms with E-state index in [0.717, 1.165) is 51.3 Å². The molecule has 1 aromatic heterocycles. The summed E-state index contributed by atoms with van der Waals surface area (Å²) in [5.74, 6) is -3.71. The SMILES string of the molecule is CC(=O)OC[C@@H](OC(C)=O)[C@H](OC(C)=O)[C@H](OC(C)=O)[C@@H](OC(C)=O)c1c(-c2c(C)cc(C)cc2C)noc1C. The highest BCUT2D eigenvalue weighted by Crippen LogP contribution is 2.40. The van der Waals surface area contributed by atoms with Crippen LogP contribution in [-0.4, -0.2) is 59.9 Å². The van der Waals surface area contributed by atoms with E-state index in [9.17, 15) is 24.0 Å². The van der Waals surface area contributed by atoms with Gasteiger partial charge in [0, 0.05) is 40.2 Å². The predicted molar refractivity (Wildman–Crippen MR) is 139 cm³/mol. The van der Waals surface area contributed by atoms with Crippen LogP contribution in [0, 0.1) is 27.7 Å². The first-order valence-corrected chi connectivity index (χ1v) is 12.5. The van der Waals surface area contributed by atoms with Crippen LogP contribution < -0.4 is 0 Å². The molecule has 1 aromatic carbocycles. The van der Waals surface area contributed by atoms with Crippen LogP contribution in [0.3, 0.4) is 0 Å². The number of aryl methyl sites for hydroxylation is 4. The first-order chi connectivity index (χ1) is 18.6. The van der Waals surface area contributed by atoms with Gasteiger partial charge in [0.15, 0.2) is 24.4 Å². The summed E-state index contributed by atoms with van der Waals surface area (Å²) in [4.78, 5) is 60.6. The molecule has 2 aromatic rings. The molecule has 0 fully saturated rings. The molecule has 1 heterocycles. The number of hydrogen-bond acceptors (Lipinski definition) is 12. The summed E-state index contributed by atoms with van der Waals surface area (Å²) in [6, 6.07) is 3.88. The monoisotopic (exact) mass is 561 g/mol. The maximum Gasteiger partial charge on any atom is 0.303 e. The lowest BCUT2D eigenvalue weighted by molar-refractivity contribution is -0.203. The van der Waals surface area contributed by atoms with Crippen LogP contribution in [0.2, 0.25) is 0 Å². The molecule has 0 unspecified atom stereocenters. The summed E-state index contributed by atoms with van der Waals surface area (Å²) in [7, 11) is 0. The number of carbonyl (C=O) groups excluding carboxylic acids is 5. The molecule has 0 radical (unpaired) electrons. The van der Waals surface area contributed by atoms with Crippen molar-refractivity contribution >= 4 is 29.8 Å². The third kappa shape index (κ3) is 8.39. The van der Waals surface area contributed by atoms with Crippen LogP contribution in [0.1, 0.15) is 68.7 Å². The van der Waals surface area contributed by atoms with Gasteiger partial charge in [-0.1, -0.05) is 22.9 Å². The highest BCUT2D eigenvalue weighted by Gasteiger charge is 2.47. The second-order valence-corrected chi connectivity index (χ2v) is 9.40. The zero-order valence-electron chi connectivity index (χ0n) is 24.1. The van der Waals surface area contributed by atoms with Gasteiger partial charge in [0.2, 0.25) is 0 Å². The first kappa shape index (κ1) is 32.0. The molecule has 0 aliphatic rings. The van der Waals surface area contributed by atoms with Crippen LogP contribution in [0.25, 0.3) is 11.3 Å². The first-order valence-electron chi connectivity index (χ1n) is 12.5. The summed E-state index contributed by atoms with van der Waals surface area (Å²) in [5, 5.41) is 4.23. The summed E-state index contributed by atoms with van der Waals surface area (Å²) < 4.78 is 32.7. The van der Waals surface area contributed by atoms with Crippen LogP contribution in [0.4, 0.5) is 0 Å². The molecule has 0 saturated heterocycles. The fourth-order valence-electron chi connectivity index (χ4n) is 4.56. The van der Waals surface area contributed by atoms with Crippen molar-refractivity contribution in [3.63, 3.8) is 0 Å². The Morgan fingerprint density at radius 3 is 1.70 bits per heavy atom. The molecule has 0 aliphatic carbocycles. The predicted octanol–water partition coefficient (Wildman–Crippen LogP) is 3.54. The van der Waals surface area contributed by atoms with Crippen LogP contribution in [0.15, 0.2) is 16.7 Å². The minimum absolute atomic E-state index is 0.225. The lowest BCUT2D eigenvalue weighted by atomic mass is 9.89. The molecule has 40 heavy (non-hydrogen) atoms. The number of rotatable bonds is 11. The molecule has 12 heteroatoms. The second kappa shape index (κ2) is 13.7. The number of ether oxygens (including phenoxy) is 5. The molecule has 0 saturated carbocycles. The van der Waals surface area contributed by atoms with Gasteiger partial charge in [-0.25, -0.2) is 0 Å². The number of esters is 5. The number of aromatic nitrogens is 1. The van der Waals surface area contributed by atoms with Gasteiger partial charge in [-0.15, -0.1) is 0 Å². The topological polar surface area (TPSA) is 158 Å². The molecule has 218 valence electrons. The average molecular weight is 562 g/mol. The third-order valence-electron chi connectivity index (χ3n) is 5.76. The highest BCUT2D eigenvalue weighted by molar-refractivity contribution is 5.74. The van der Waals surface area contributed by atoms with Crippen LogP contribution in [0.5, 0.6) is 0 Å². The second-order valence-electron chi connectivity index (χ2n) is 9.40. The Hall–Kier alpha value is -4.22. The zero-order chi connectivity index (χ0) is 30.3. The van der Waals surface area contributed by atoms with Gasteiger partial charge in [0.05, 0.1) is 5.56 Å². The summed E-state index contributed by atoms with van der Waals surface area (Å²) in [6.07, 6.45) is -6.08. The van der Waals surface area contributed by atoms with E-state index >= 15 is 0 Å². The number of nitrogens with zero attached hydrogens (tertiary/aromatic N) is 1. The van der Waals surface area contributed by atoms with Gasteiger partial charge in [0.25, 0.3) is 0 Å². The quantitative estimate of drug-likeness (QED) is 0.291. The highest BCUT2D eigenvalue weighted by atomic mass is 16.6. The molecule has 0 amide bonds. The summed E-state index contributed by atoms with van der Waals surface area (Å²) in [5.41, 5.74) is 3.95. The lowest BCUT2D eigenvalue weighted by Gasteiger charge is -2.35. The molecule has 12 nitrogen and oxygen atoms in total. The molecule has 0 aliphatic heterocycles. The molecule has 0 N–H and O–H groups in total. The molecule has 4 atom stereocenters. The molecular weight excluding hydrogens is 526 g/mol. The van der Waals surface area contributed by atoms with Gasteiger partial charge in [0.1, 0.15) is 18.1 Å². The Bertz CT molecular complexity index is 1260. The van der Waals surface area contributed by atoms with E-state index in [1.165, 1.54) is 0 Å². The van der Waals surface area contributed by atoms with Crippen molar-refractivity contribution in [1.29, 1.82) is 0 Å². The fraction of sp³-hybridized carbons (Fsp3) is 0.500. The Labute approximate surface area is 232 Å². The van der Waals surface area contributed by atoms with E-state index in [2.05, 4.69) is 5.16 Å². The van der Waals surface area contributed by atoms with Crippen molar-refractivity contribution < 1.29 is 52.2 Å². The normalized spacial score (nSPS) is 13.8. The third-order valence-corrected chi connectivity index (χ3v) is 5.76. The summed E-state index contributed by atoms with van der Waals surface area (Å²) in [6.45, 7) is 12.3. The zero-order valence-corrected chi connectivity index (χ0v) is 24.1. The van der Waals surface area contributed by atoms with Crippen molar-refractivity contribution in [2.75, 3.05) is 6.61 Å². The Kier molecular flexibility index (Phi) is 11.0. The van der Waals surface area contributed by atoms with Gasteiger partial charge < -0.3 is 28.2 Å². The Balaban J connectivity index is 2.86. The smallest absolute Gasteiger partial charge is 0.303 e. The Morgan fingerprint density at radius 1 is 0.725 bits per heavy atom. The van der Waals surface area contributed by atoms with Gasteiger partial charge in [-0.2, -0.15) is 0 Å². The van der Waals surface area contributed by atoms with Crippen LogP contribution in [-0.2, 0) is 47.7 Å². The number of carbonyl (C=O) groups is 5. The number of hydrogen-bond donors (Lipinski definition) is 0. The minimum atomic E-state index is -1.59. The molecule has 0 spiro atoms. The van der Waals surface area contributed by atoms with Gasteiger partial charge in [-0.05, 0) is 38.8 Å². The van der Waals surface area contributed by atoms with E-state index in [-0.39, 0.29) is 11.3 Å². The lowest BCUT2D eigenvalue weighted by Crippen LogP contribution is -2.50. The standard InChI is InChI=1S/C28H35NO11/c1-13-10-14(2)23(15(3)11-13)25-24(16(4)40-29-25)27(38-20(8)33)28(39-21(9)34)26(37-19(7)32)22(36-18(6)31)12-35-17(5)30/h10-11,22,26-28H,12H2,1-9H3/t22-,26+,27+,28+/m1/s1. The molecular formula is C28H35NO11. The van der Waals surface area contributed by atoms with E-state index in [1.807, 2.05) is 32.9 Å². The summed E-state index contributed by atoms with van der Waals surface area (Å²) >= 11 is 0. The molecule has 0 bridgehead atoms. The Morgan fingerprint density at radius 2 is 1.23 bits per heavy atom. The maximum absolute atomic E-state index is 12.4. The average Bonchev–Trinajstić information content (AvgIpc) is 3.16. The van der Waals surface area contributed by atoms with Crippen LogP contribution >= 0.6 is 0 Å². The minimum Gasteiger partial charge on any atom is -0.462 e. The van der Waals surface area contributed by atoms with E-state index in [1.54, 1.807) is 6.92 Å². The van der Waals surface area contributed by atoms with E-state index in [4.69, 9.17) is 28.2 Å². The van der Waals surface area contributed by atoms with Crippen molar-refractivity contribution in [3.8, 4) is 11.3 Å².